The number of benzene rings is 2. The number of rotatable bonds is 2. The Hall–Kier alpha value is -3.09. The van der Waals surface area contributed by atoms with Gasteiger partial charge in [0.05, 0.1) is 11.1 Å². The van der Waals surface area contributed by atoms with Crippen molar-refractivity contribution in [1.82, 2.24) is 4.98 Å². The lowest BCUT2D eigenvalue weighted by molar-refractivity contribution is -0.274. The first-order valence-corrected chi connectivity index (χ1v) is 7.70. The van der Waals surface area contributed by atoms with Crippen molar-refractivity contribution in [3.63, 3.8) is 0 Å². The van der Waals surface area contributed by atoms with Crippen molar-refractivity contribution in [3.8, 4) is 11.5 Å². The van der Waals surface area contributed by atoms with E-state index in [0.717, 1.165) is 16.9 Å². The molecule has 2 heterocycles. The fourth-order valence-corrected chi connectivity index (χ4v) is 2.66. The molecule has 3 aromatic rings. The van der Waals surface area contributed by atoms with Gasteiger partial charge in [-0.1, -0.05) is 18.2 Å². The molecule has 1 aliphatic heterocycles. The number of hydrogen-bond acceptors (Lipinski definition) is 4. The van der Waals surface area contributed by atoms with E-state index in [9.17, 15) is 18.0 Å². The molecule has 134 valence electrons. The molecule has 0 fully saturated rings. The van der Waals surface area contributed by atoms with E-state index in [0.29, 0.717) is 17.5 Å². The van der Waals surface area contributed by atoms with Crippen molar-refractivity contribution in [1.29, 1.82) is 0 Å². The van der Waals surface area contributed by atoms with E-state index in [2.05, 4.69) is 9.72 Å². The number of fused-ring (bicyclic) bond motifs is 3. The van der Waals surface area contributed by atoms with Crippen molar-refractivity contribution in [2.24, 2.45) is 0 Å². The Morgan fingerprint density at radius 1 is 1.12 bits per heavy atom. The number of ether oxygens (including phenoxy) is 2. The monoisotopic (exact) mass is 361 g/mol. The summed E-state index contributed by atoms with van der Waals surface area (Å²) in [4.78, 5) is 15.0. The quantitative estimate of drug-likeness (QED) is 0.608. The highest BCUT2D eigenvalue weighted by Crippen LogP contribution is 2.30. The number of carbonyl (C=O) groups excluding carboxylic acids is 1. The molecule has 1 aromatic heterocycles. The summed E-state index contributed by atoms with van der Waals surface area (Å²) < 4.78 is 45.2. The van der Waals surface area contributed by atoms with Crippen molar-refractivity contribution >= 4 is 16.7 Å². The summed E-state index contributed by atoms with van der Waals surface area (Å²) in [6.07, 6.45) is -3.16. The van der Waals surface area contributed by atoms with Crippen LogP contribution in [0.3, 0.4) is 0 Å². The van der Waals surface area contributed by atoms with Gasteiger partial charge in [0.15, 0.2) is 5.78 Å². The van der Waals surface area contributed by atoms with Crippen molar-refractivity contribution in [3.05, 3.63) is 65.9 Å². The molecule has 0 saturated heterocycles. The number of alkyl halides is 3. The van der Waals surface area contributed by atoms with Crippen LogP contribution in [0.4, 0.5) is 13.2 Å². The fraction of sp³-hybridized carbons (Fsp3) is 0.158. The summed E-state index contributed by atoms with van der Waals surface area (Å²) in [6, 6.07) is 13.1. The van der Waals surface area contributed by atoms with Gasteiger partial charge in [-0.2, -0.15) is 0 Å². The Labute approximate surface area is 147 Å². The topological polar surface area (TPSA) is 48.4 Å². The minimum atomic E-state index is -4.68. The predicted octanol–water partition coefficient (Wildman–Crippen LogP) is 4.92. The van der Waals surface area contributed by atoms with E-state index < -0.39 is 6.36 Å². The minimum Gasteiger partial charge on any atom is -0.488 e. The molecule has 0 amide bonds. The third-order valence-electron chi connectivity index (χ3n) is 3.68. The molecule has 0 N–H and O–H groups in total. The number of Topliss-reactive ketones (excluding diaryl/α,β-unsaturated/α-hetero) is 1. The normalized spacial score (nSPS) is 12.2. The van der Waals surface area contributed by atoms with Crippen LogP contribution in [0.25, 0.3) is 10.9 Å². The van der Waals surface area contributed by atoms with Crippen LogP contribution in [0.2, 0.25) is 0 Å². The van der Waals surface area contributed by atoms with Crippen LogP contribution in [0.15, 0.2) is 54.7 Å². The molecule has 2 aromatic carbocycles. The second kappa shape index (κ2) is 7.03. The van der Waals surface area contributed by atoms with Crippen LogP contribution in [0, 0.1) is 0 Å². The molecule has 2 bridgehead atoms. The lowest BCUT2D eigenvalue weighted by Crippen LogP contribution is -2.17. The van der Waals surface area contributed by atoms with Gasteiger partial charge in [0.25, 0.3) is 0 Å². The van der Waals surface area contributed by atoms with Gasteiger partial charge in [-0.3, -0.25) is 9.78 Å². The Balaban J connectivity index is 0.000000158. The zero-order valence-electron chi connectivity index (χ0n) is 13.7. The fourth-order valence-electron chi connectivity index (χ4n) is 2.66. The number of hydrogen-bond donors (Lipinski definition) is 0. The maximum absolute atomic E-state index is 12.0. The molecular weight excluding hydrogens is 347 g/mol. The molecule has 0 aliphatic carbocycles. The predicted molar refractivity (Wildman–Crippen MR) is 89.2 cm³/mol. The van der Waals surface area contributed by atoms with Crippen LogP contribution in [0.5, 0.6) is 11.5 Å². The Morgan fingerprint density at radius 2 is 1.88 bits per heavy atom. The van der Waals surface area contributed by atoms with Gasteiger partial charge in [0, 0.05) is 17.1 Å². The third kappa shape index (κ3) is 3.93. The molecule has 4 nitrogen and oxygen atoms in total. The summed E-state index contributed by atoms with van der Waals surface area (Å²) in [7, 11) is 0. The van der Waals surface area contributed by atoms with Gasteiger partial charge in [-0.25, -0.2) is 0 Å². The van der Waals surface area contributed by atoms with Crippen LogP contribution < -0.4 is 9.47 Å². The first kappa shape index (κ1) is 17.7. The highest BCUT2D eigenvalue weighted by molar-refractivity contribution is 5.98. The zero-order chi connectivity index (χ0) is 18.7. The molecule has 0 atom stereocenters. The van der Waals surface area contributed by atoms with E-state index in [1.54, 1.807) is 19.1 Å². The van der Waals surface area contributed by atoms with Crippen LogP contribution in [0.1, 0.15) is 22.8 Å². The lowest BCUT2D eigenvalue weighted by Gasteiger charge is -2.10. The second-order valence-corrected chi connectivity index (χ2v) is 5.51. The summed E-state index contributed by atoms with van der Waals surface area (Å²) in [5, 5.41) is 0.345. The number of carbonyl (C=O) groups is 1. The standard InChI is InChI=1S/C10H6F3NO.C9H8O2/c11-10(12,13)15-9-5-1-4-8-7(9)3-2-6-14-8;1-6(10)9-7-3-2-4-8(9)11-5-7/h1-6H;2-4H,5H2,1H3. The highest BCUT2D eigenvalue weighted by Gasteiger charge is 2.31. The van der Waals surface area contributed by atoms with Gasteiger partial charge < -0.3 is 9.47 Å². The largest absolute Gasteiger partial charge is 0.573 e. The molecule has 0 unspecified atom stereocenters. The number of nitrogens with zero attached hydrogens (tertiary/aromatic N) is 1. The molecule has 0 radical (unpaired) electrons. The van der Waals surface area contributed by atoms with Gasteiger partial charge in [-0.05, 0) is 37.3 Å². The van der Waals surface area contributed by atoms with Gasteiger partial charge >= 0.3 is 6.36 Å². The van der Waals surface area contributed by atoms with Crippen molar-refractivity contribution < 1.29 is 27.4 Å². The van der Waals surface area contributed by atoms with E-state index >= 15 is 0 Å². The number of ketones is 1. The third-order valence-corrected chi connectivity index (χ3v) is 3.68. The first-order valence-electron chi connectivity index (χ1n) is 7.70. The molecular formula is C19H14F3NO3. The maximum atomic E-state index is 12.0. The molecule has 0 saturated carbocycles. The van der Waals surface area contributed by atoms with E-state index in [4.69, 9.17) is 4.74 Å². The van der Waals surface area contributed by atoms with Crippen molar-refractivity contribution in [2.75, 3.05) is 0 Å². The van der Waals surface area contributed by atoms with Gasteiger partial charge in [-0.15, -0.1) is 13.2 Å². The molecule has 1 aliphatic rings. The minimum absolute atomic E-state index is 0.0908. The van der Waals surface area contributed by atoms with Gasteiger partial charge in [0.2, 0.25) is 0 Å². The smallest absolute Gasteiger partial charge is 0.488 e. The number of pyridine rings is 1. The van der Waals surface area contributed by atoms with Gasteiger partial charge in [0.1, 0.15) is 18.1 Å². The average molecular weight is 361 g/mol. The lowest BCUT2D eigenvalue weighted by atomic mass is 10.1. The SMILES string of the molecule is CC(=O)c1c2cccc1OC2.FC(F)(F)Oc1cccc2ncccc12. The van der Waals surface area contributed by atoms with Crippen molar-refractivity contribution in [2.45, 2.75) is 19.9 Å². The molecule has 7 heteroatoms. The summed E-state index contributed by atoms with van der Waals surface area (Å²) in [6.45, 7) is 2.12. The Bertz CT molecular complexity index is 927. The van der Waals surface area contributed by atoms with Crippen LogP contribution >= 0.6 is 0 Å². The average Bonchev–Trinajstić information content (AvgIpc) is 2.85. The van der Waals surface area contributed by atoms with E-state index in [-0.39, 0.29) is 11.5 Å². The number of halogens is 3. The number of aromatic nitrogens is 1. The van der Waals surface area contributed by atoms with Crippen LogP contribution in [-0.4, -0.2) is 17.1 Å². The highest BCUT2D eigenvalue weighted by atomic mass is 19.4. The summed E-state index contributed by atoms with van der Waals surface area (Å²) >= 11 is 0. The summed E-state index contributed by atoms with van der Waals surface area (Å²) in [5.41, 5.74) is 2.24. The molecule has 4 rings (SSSR count). The van der Waals surface area contributed by atoms with Crippen LogP contribution in [-0.2, 0) is 6.61 Å². The van der Waals surface area contributed by atoms with E-state index in [1.807, 2.05) is 18.2 Å². The summed E-state index contributed by atoms with van der Waals surface area (Å²) in [5.74, 6) is 0.594. The zero-order valence-corrected chi connectivity index (χ0v) is 13.7. The first-order chi connectivity index (χ1) is 12.3. The second-order valence-electron chi connectivity index (χ2n) is 5.51. The molecule has 0 spiro atoms. The maximum Gasteiger partial charge on any atom is 0.573 e. The Kier molecular flexibility index (Phi) is 4.79. The molecule has 26 heavy (non-hydrogen) atoms. The Morgan fingerprint density at radius 3 is 2.54 bits per heavy atom. The van der Waals surface area contributed by atoms with E-state index in [1.165, 1.54) is 24.4 Å².